The average molecular weight is 634 g/mol. The molecule has 3 aliphatic heterocycles. The minimum atomic E-state index is -0.945. The summed E-state index contributed by atoms with van der Waals surface area (Å²) in [6, 6.07) is 6.74. The van der Waals surface area contributed by atoms with E-state index in [0.717, 1.165) is 19.4 Å². The zero-order valence-electron chi connectivity index (χ0n) is 24.4. The van der Waals surface area contributed by atoms with Crippen LogP contribution in [0.4, 0.5) is 19.0 Å². The van der Waals surface area contributed by atoms with Crippen molar-refractivity contribution in [3.8, 4) is 23.3 Å². The Balaban J connectivity index is 1.32. The van der Waals surface area contributed by atoms with Crippen molar-refractivity contribution in [2.75, 3.05) is 44.2 Å². The third kappa shape index (κ3) is 5.06. The Morgan fingerprint density at radius 1 is 1.24 bits per heavy atom. The van der Waals surface area contributed by atoms with E-state index in [2.05, 4.69) is 27.5 Å². The van der Waals surface area contributed by atoms with Gasteiger partial charge in [-0.2, -0.15) is 15.2 Å². The molecule has 1 aromatic carbocycles. The van der Waals surface area contributed by atoms with E-state index in [-0.39, 0.29) is 48.1 Å². The van der Waals surface area contributed by atoms with Crippen molar-refractivity contribution in [3.63, 3.8) is 0 Å². The summed E-state index contributed by atoms with van der Waals surface area (Å²) in [7, 11) is 0. The number of nitrogens with zero attached hydrogens (tertiary/aromatic N) is 7. The van der Waals surface area contributed by atoms with Crippen LogP contribution in [0.2, 0.25) is 0 Å². The van der Waals surface area contributed by atoms with Crippen molar-refractivity contribution < 1.29 is 22.7 Å². The zero-order chi connectivity index (χ0) is 31.3. The van der Waals surface area contributed by atoms with Crippen molar-refractivity contribution >= 4 is 44.1 Å². The lowest BCUT2D eigenvalue weighted by atomic mass is 9.95. The lowest BCUT2D eigenvalue weighted by Crippen LogP contribution is -2.55. The molecule has 7 rings (SSSR count). The van der Waals surface area contributed by atoms with E-state index >= 15 is 4.39 Å². The van der Waals surface area contributed by atoms with E-state index in [1.54, 1.807) is 23.1 Å². The molecular formula is C32H30F3N7O2S. The highest BCUT2D eigenvalue weighted by molar-refractivity contribution is 7.17. The van der Waals surface area contributed by atoms with E-state index in [9.17, 15) is 18.8 Å². The van der Waals surface area contributed by atoms with Gasteiger partial charge in [-0.1, -0.05) is 18.7 Å². The number of amides is 1. The average Bonchev–Trinajstić information content (AvgIpc) is 3.71. The van der Waals surface area contributed by atoms with Gasteiger partial charge in [0.25, 0.3) is 0 Å². The molecule has 13 heteroatoms. The Morgan fingerprint density at radius 2 is 2.11 bits per heavy atom. The van der Waals surface area contributed by atoms with Crippen LogP contribution in [0.3, 0.4) is 0 Å². The number of rotatable bonds is 7. The molecule has 0 aliphatic carbocycles. The summed E-state index contributed by atoms with van der Waals surface area (Å²) in [5, 5.41) is 11.5. The number of anilines is 1. The largest absolute Gasteiger partial charge is 0.461 e. The van der Waals surface area contributed by atoms with Crippen molar-refractivity contribution in [1.82, 2.24) is 24.8 Å². The molecule has 3 aromatic heterocycles. The quantitative estimate of drug-likeness (QED) is 0.255. The van der Waals surface area contributed by atoms with Crippen LogP contribution in [0.5, 0.6) is 6.01 Å². The molecule has 3 atom stereocenters. The van der Waals surface area contributed by atoms with Crippen LogP contribution >= 0.6 is 11.3 Å². The number of aromatic nitrogens is 3. The van der Waals surface area contributed by atoms with E-state index in [1.807, 2.05) is 4.90 Å². The standard InChI is InChI=1S/C32H30F3N7O2S/c1-2-25(43)42-12-11-40(16-20(42)7-9-36)30-22-14-37-28(21-5-3-6-24-26(21)23(34)17-45-24)27(35)29(22)38-31(39-30)44-18-32-8-4-10-41(32)15-19(33)13-32/h2-3,5-6,14,17,19-20H,1,4,7-8,10-13,15-16,18H2/t19-,20+,32+/m1/s1. The fourth-order valence-electron chi connectivity index (χ4n) is 7.14. The Morgan fingerprint density at radius 3 is 2.93 bits per heavy atom. The summed E-state index contributed by atoms with van der Waals surface area (Å²) in [6.45, 7) is 5.76. The number of hydrogen-bond acceptors (Lipinski definition) is 9. The van der Waals surface area contributed by atoms with E-state index < -0.39 is 29.4 Å². The number of piperazine rings is 1. The van der Waals surface area contributed by atoms with Gasteiger partial charge in [0.05, 0.1) is 29.5 Å². The monoisotopic (exact) mass is 633 g/mol. The third-order valence-electron chi connectivity index (χ3n) is 9.25. The lowest BCUT2D eigenvalue weighted by Gasteiger charge is -2.41. The van der Waals surface area contributed by atoms with Crippen molar-refractivity contribution in [2.24, 2.45) is 0 Å². The lowest BCUT2D eigenvalue weighted by molar-refractivity contribution is -0.128. The maximum Gasteiger partial charge on any atom is 0.319 e. The summed E-state index contributed by atoms with van der Waals surface area (Å²) < 4.78 is 52.7. The predicted molar refractivity (Wildman–Crippen MR) is 165 cm³/mol. The number of hydrogen-bond donors (Lipinski definition) is 0. The van der Waals surface area contributed by atoms with Crippen LogP contribution in [0, 0.1) is 23.0 Å². The normalized spacial score (nSPS) is 23.4. The van der Waals surface area contributed by atoms with Gasteiger partial charge in [0.1, 0.15) is 35.6 Å². The van der Waals surface area contributed by atoms with Crippen LogP contribution in [0.1, 0.15) is 25.7 Å². The zero-order valence-corrected chi connectivity index (χ0v) is 25.2. The SMILES string of the molecule is C=CC(=O)N1CCN(c2nc(OC[C@@]34CCCN3C[C@H](F)C4)nc3c(F)c(-c4cccc5scc(F)c45)ncc23)C[C@@H]1CC#N. The fraction of sp³-hybridized carbons (Fsp3) is 0.406. The predicted octanol–water partition coefficient (Wildman–Crippen LogP) is 5.26. The highest BCUT2D eigenvalue weighted by Gasteiger charge is 2.49. The number of pyridine rings is 1. The van der Waals surface area contributed by atoms with Gasteiger partial charge in [0, 0.05) is 59.8 Å². The molecule has 1 amide bonds. The smallest absolute Gasteiger partial charge is 0.319 e. The molecule has 0 unspecified atom stereocenters. The number of ether oxygens (including phenoxy) is 1. The molecule has 3 aliphatic rings. The third-order valence-corrected chi connectivity index (χ3v) is 10.2. The van der Waals surface area contributed by atoms with Crippen LogP contribution < -0.4 is 9.64 Å². The summed E-state index contributed by atoms with van der Waals surface area (Å²) in [5.74, 6) is -1.14. The van der Waals surface area contributed by atoms with Crippen LogP contribution in [0.15, 0.2) is 42.4 Å². The van der Waals surface area contributed by atoms with E-state index in [0.29, 0.717) is 47.5 Å². The molecule has 3 fully saturated rings. The summed E-state index contributed by atoms with van der Waals surface area (Å²) >= 11 is 1.22. The molecule has 4 aromatic rings. The first kappa shape index (κ1) is 29.4. The number of thiophene rings is 1. The number of alkyl halides is 1. The Bertz CT molecular complexity index is 1860. The highest BCUT2D eigenvalue weighted by Crippen LogP contribution is 2.41. The second-order valence-electron chi connectivity index (χ2n) is 11.8. The molecule has 6 heterocycles. The Labute approximate surface area is 261 Å². The first-order valence-electron chi connectivity index (χ1n) is 14.9. The van der Waals surface area contributed by atoms with Crippen molar-refractivity contribution in [2.45, 2.75) is 43.4 Å². The van der Waals surface area contributed by atoms with Gasteiger partial charge >= 0.3 is 6.01 Å². The van der Waals surface area contributed by atoms with Gasteiger partial charge < -0.3 is 14.5 Å². The molecular weight excluding hydrogens is 603 g/mol. The number of fused-ring (bicyclic) bond motifs is 3. The van der Waals surface area contributed by atoms with Gasteiger partial charge in [0.2, 0.25) is 5.91 Å². The second-order valence-corrected chi connectivity index (χ2v) is 12.7. The number of carbonyl (C=O) groups is 1. The molecule has 9 nitrogen and oxygen atoms in total. The first-order valence-corrected chi connectivity index (χ1v) is 15.8. The molecule has 0 spiro atoms. The molecule has 45 heavy (non-hydrogen) atoms. The van der Waals surface area contributed by atoms with Crippen LogP contribution in [-0.2, 0) is 4.79 Å². The number of halogens is 3. The van der Waals surface area contributed by atoms with Gasteiger partial charge in [-0.05, 0) is 31.5 Å². The van der Waals surface area contributed by atoms with Gasteiger partial charge in [-0.3, -0.25) is 14.7 Å². The summed E-state index contributed by atoms with van der Waals surface area (Å²) in [5.41, 5.74) is -0.272. The summed E-state index contributed by atoms with van der Waals surface area (Å²) in [6.07, 6.45) is 3.89. The highest BCUT2D eigenvalue weighted by atomic mass is 32.1. The first-order chi connectivity index (χ1) is 21.8. The topological polar surface area (TPSA) is 98.5 Å². The summed E-state index contributed by atoms with van der Waals surface area (Å²) in [4.78, 5) is 31.8. The maximum atomic E-state index is 16.6. The van der Waals surface area contributed by atoms with Crippen LogP contribution in [0.25, 0.3) is 32.2 Å². The van der Waals surface area contributed by atoms with Crippen molar-refractivity contribution in [3.05, 3.63) is 54.1 Å². The van der Waals surface area contributed by atoms with Crippen molar-refractivity contribution in [1.29, 1.82) is 5.26 Å². The molecule has 232 valence electrons. The van der Waals surface area contributed by atoms with E-state index in [1.165, 1.54) is 29.0 Å². The molecule has 0 bridgehead atoms. The Hall–Kier alpha value is -4.28. The van der Waals surface area contributed by atoms with Crippen LogP contribution in [-0.4, -0.2) is 87.7 Å². The maximum absolute atomic E-state index is 16.6. The van der Waals surface area contributed by atoms with Gasteiger partial charge in [-0.25, -0.2) is 13.2 Å². The van der Waals surface area contributed by atoms with Gasteiger partial charge in [-0.15, -0.1) is 11.3 Å². The number of nitriles is 1. The fourth-order valence-corrected chi connectivity index (χ4v) is 7.98. The minimum Gasteiger partial charge on any atom is -0.461 e. The second kappa shape index (κ2) is 11.6. The Kier molecular flexibility index (Phi) is 7.57. The number of benzene rings is 1. The minimum absolute atomic E-state index is 0.0513. The molecule has 3 saturated heterocycles. The van der Waals surface area contributed by atoms with Gasteiger partial charge in [0.15, 0.2) is 5.82 Å². The molecule has 0 radical (unpaired) electrons. The molecule has 0 saturated carbocycles. The molecule has 0 N–H and O–H groups in total. The van der Waals surface area contributed by atoms with E-state index in [4.69, 9.17) is 9.72 Å². The number of carbonyl (C=O) groups excluding carboxylic acids is 1.